The Kier molecular flexibility index (Phi) is 6.47. The van der Waals surface area contributed by atoms with Crippen molar-refractivity contribution in [2.75, 3.05) is 27.3 Å². The Hall–Kier alpha value is -1.88. The zero-order valence-electron chi connectivity index (χ0n) is 17.8. The number of rotatable bonds is 7. The van der Waals surface area contributed by atoms with E-state index in [0.29, 0.717) is 30.3 Å². The molecule has 0 N–H and O–H groups in total. The van der Waals surface area contributed by atoms with Crippen LogP contribution < -0.4 is 4.74 Å². The molecule has 4 rings (SSSR count). The van der Waals surface area contributed by atoms with E-state index in [-0.39, 0.29) is 5.78 Å². The number of methoxy groups -OCH3 is 2. The molecule has 1 unspecified atom stereocenters. The van der Waals surface area contributed by atoms with Crippen LogP contribution in [0.3, 0.4) is 0 Å². The summed E-state index contributed by atoms with van der Waals surface area (Å²) in [6.07, 6.45) is 3.50. The van der Waals surface area contributed by atoms with Crippen molar-refractivity contribution in [3.63, 3.8) is 0 Å². The van der Waals surface area contributed by atoms with Crippen molar-refractivity contribution in [3.05, 3.63) is 64.7 Å². The molecular weight excluding hydrogens is 398 g/mol. The van der Waals surface area contributed by atoms with Crippen molar-refractivity contribution in [1.82, 2.24) is 4.90 Å². The summed E-state index contributed by atoms with van der Waals surface area (Å²) in [4.78, 5) is 14.9. The molecule has 0 spiro atoms. The number of nitrogens with zero attached hydrogens (tertiary/aromatic N) is 1. The van der Waals surface area contributed by atoms with Crippen molar-refractivity contribution in [3.8, 4) is 5.75 Å². The molecule has 1 heterocycles. The van der Waals surface area contributed by atoms with E-state index in [9.17, 15) is 4.79 Å². The summed E-state index contributed by atoms with van der Waals surface area (Å²) in [5, 5.41) is 0. The molecule has 1 fully saturated rings. The highest BCUT2D eigenvalue weighted by Crippen LogP contribution is 2.43. The summed E-state index contributed by atoms with van der Waals surface area (Å²) >= 11 is 6.98. The number of hydrogen-bond donors (Lipinski definition) is 0. The summed E-state index contributed by atoms with van der Waals surface area (Å²) in [5.74, 6) is 1.22. The third-order valence-corrected chi connectivity index (χ3v) is 6.96. The lowest BCUT2D eigenvalue weighted by atomic mass is 9.84. The molecule has 0 bridgehead atoms. The van der Waals surface area contributed by atoms with Crippen LogP contribution in [-0.4, -0.2) is 42.9 Å². The Labute approximate surface area is 184 Å². The van der Waals surface area contributed by atoms with Crippen molar-refractivity contribution >= 4 is 17.4 Å². The highest BCUT2D eigenvalue weighted by molar-refractivity contribution is 6.39. The van der Waals surface area contributed by atoms with E-state index in [2.05, 4.69) is 35.2 Å². The van der Waals surface area contributed by atoms with Gasteiger partial charge in [-0.1, -0.05) is 30.3 Å². The van der Waals surface area contributed by atoms with E-state index in [0.717, 1.165) is 50.0 Å². The van der Waals surface area contributed by atoms with Gasteiger partial charge < -0.3 is 9.47 Å². The van der Waals surface area contributed by atoms with E-state index in [1.54, 1.807) is 14.2 Å². The lowest BCUT2D eigenvalue weighted by molar-refractivity contribution is 0.0919. The number of carbonyl (C=O) groups excluding carboxylic acids is 1. The number of ether oxygens (including phenoxy) is 2. The molecule has 1 saturated heterocycles. The summed E-state index contributed by atoms with van der Waals surface area (Å²) in [7, 11) is 3.28. The summed E-state index contributed by atoms with van der Waals surface area (Å²) < 4.78 is 10.7. The highest BCUT2D eigenvalue weighted by Gasteiger charge is 2.46. The smallest absolute Gasteiger partial charge is 0.184 e. The Balaban J connectivity index is 1.39. The zero-order chi connectivity index (χ0) is 21.1. The third-order valence-electron chi connectivity index (χ3n) is 6.50. The molecule has 30 heavy (non-hydrogen) atoms. The van der Waals surface area contributed by atoms with Gasteiger partial charge in [0.2, 0.25) is 0 Å². The molecule has 0 aromatic heterocycles. The molecule has 1 atom stereocenters. The minimum absolute atomic E-state index is 0.0492. The average molecular weight is 428 g/mol. The lowest BCUT2D eigenvalue weighted by Gasteiger charge is -2.34. The molecule has 1 aliphatic heterocycles. The van der Waals surface area contributed by atoms with E-state index < -0.39 is 4.87 Å². The number of likely N-dealkylation sites (tertiary alicyclic amines) is 1. The number of alkyl halides is 1. The second-order valence-electron chi connectivity index (χ2n) is 8.63. The number of halogens is 1. The third kappa shape index (κ3) is 4.41. The van der Waals surface area contributed by atoms with Crippen LogP contribution in [0.4, 0.5) is 0 Å². The van der Waals surface area contributed by atoms with Gasteiger partial charge in [0.05, 0.1) is 13.7 Å². The number of Topliss-reactive ketones (excluding diaryl/α,β-unsaturated/α-hetero) is 1. The fraction of sp³-hybridized carbons (Fsp3) is 0.480. The van der Waals surface area contributed by atoms with Crippen LogP contribution in [0.15, 0.2) is 42.5 Å². The predicted octanol–water partition coefficient (Wildman–Crippen LogP) is 4.86. The standard InChI is InChI=1S/C25H30ClNO3/c1-29-17-21-12-20-15-25(26,24(28)22(20)13-23(21)30-2)14-18-8-10-27(11-9-18)16-19-6-4-3-5-7-19/h3-7,12-13,18H,8-11,14-17H2,1-2H3. The maximum Gasteiger partial charge on any atom is 0.184 e. The predicted molar refractivity (Wildman–Crippen MR) is 119 cm³/mol. The van der Waals surface area contributed by atoms with Crippen LogP contribution in [0.1, 0.15) is 46.3 Å². The largest absolute Gasteiger partial charge is 0.496 e. The number of hydrogen-bond acceptors (Lipinski definition) is 4. The fourth-order valence-corrected chi connectivity index (χ4v) is 5.39. The number of piperidine rings is 1. The van der Waals surface area contributed by atoms with Gasteiger partial charge >= 0.3 is 0 Å². The molecule has 0 saturated carbocycles. The van der Waals surface area contributed by atoms with Gasteiger partial charge in [0.15, 0.2) is 5.78 Å². The second kappa shape index (κ2) is 9.09. The van der Waals surface area contributed by atoms with Gasteiger partial charge in [0.1, 0.15) is 10.6 Å². The van der Waals surface area contributed by atoms with Gasteiger partial charge in [-0.25, -0.2) is 0 Å². The topological polar surface area (TPSA) is 38.8 Å². The fourth-order valence-electron chi connectivity index (χ4n) is 4.93. The maximum absolute atomic E-state index is 13.2. The second-order valence-corrected chi connectivity index (χ2v) is 9.36. The normalized spacial score (nSPS) is 22.3. The summed E-state index contributed by atoms with van der Waals surface area (Å²) in [6, 6.07) is 14.5. The molecule has 0 amide bonds. The van der Waals surface area contributed by atoms with Crippen molar-refractivity contribution in [2.24, 2.45) is 5.92 Å². The van der Waals surface area contributed by atoms with Crippen molar-refractivity contribution in [2.45, 2.75) is 43.7 Å². The molecule has 1 aliphatic carbocycles. The first-order valence-corrected chi connectivity index (χ1v) is 11.1. The van der Waals surface area contributed by atoms with Crippen LogP contribution in [0, 0.1) is 5.92 Å². The number of fused-ring (bicyclic) bond motifs is 1. The Morgan fingerprint density at radius 2 is 1.87 bits per heavy atom. The van der Waals surface area contributed by atoms with E-state index in [1.165, 1.54) is 5.56 Å². The van der Waals surface area contributed by atoms with Crippen LogP contribution in [0.5, 0.6) is 5.75 Å². The van der Waals surface area contributed by atoms with Gasteiger partial charge in [0.25, 0.3) is 0 Å². The molecule has 2 aromatic carbocycles. The maximum atomic E-state index is 13.2. The van der Waals surface area contributed by atoms with Crippen LogP contribution >= 0.6 is 11.6 Å². The summed E-state index contributed by atoms with van der Waals surface area (Å²) in [6.45, 7) is 3.56. The van der Waals surface area contributed by atoms with Gasteiger partial charge in [-0.2, -0.15) is 0 Å². The Morgan fingerprint density at radius 1 is 1.13 bits per heavy atom. The average Bonchev–Trinajstić information content (AvgIpc) is 2.99. The molecule has 2 aliphatic rings. The van der Waals surface area contributed by atoms with Gasteiger partial charge in [-0.3, -0.25) is 9.69 Å². The van der Waals surface area contributed by atoms with Gasteiger partial charge in [-0.15, -0.1) is 11.6 Å². The van der Waals surface area contributed by atoms with Crippen molar-refractivity contribution < 1.29 is 14.3 Å². The van der Waals surface area contributed by atoms with Crippen molar-refractivity contribution in [1.29, 1.82) is 0 Å². The Bertz CT molecular complexity index is 893. The number of ketones is 1. The first kappa shape index (κ1) is 21.4. The first-order valence-electron chi connectivity index (χ1n) is 10.7. The lowest BCUT2D eigenvalue weighted by Crippen LogP contribution is -2.38. The molecule has 5 heteroatoms. The number of carbonyl (C=O) groups is 1. The minimum atomic E-state index is -0.828. The minimum Gasteiger partial charge on any atom is -0.496 e. The van der Waals surface area contributed by atoms with Crippen LogP contribution in [0.2, 0.25) is 0 Å². The van der Waals surface area contributed by atoms with Crippen LogP contribution in [-0.2, 0) is 24.3 Å². The van der Waals surface area contributed by atoms with Gasteiger partial charge in [-0.05, 0) is 68.0 Å². The molecule has 0 radical (unpaired) electrons. The number of benzene rings is 2. The zero-order valence-corrected chi connectivity index (χ0v) is 18.6. The van der Waals surface area contributed by atoms with E-state index in [4.69, 9.17) is 21.1 Å². The monoisotopic (exact) mass is 427 g/mol. The summed E-state index contributed by atoms with van der Waals surface area (Å²) in [5.41, 5.74) is 4.04. The molecule has 2 aromatic rings. The van der Waals surface area contributed by atoms with Gasteiger partial charge in [0, 0.05) is 24.8 Å². The highest BCUT2D eigenvalue weighted by atomic mass is 35.5. The Morgan fingerprint density at radius 3 is 2.53 bits per heavy atom. The molecular formula is C25H30ClNO3. The molecule has 4 nitrogen and oxygen atoms in total. The SMILES string of the molecule is COCc1cc2c(cc1OC)C(=O)C(Cl)(CC1CCN(Cc3ccccc3)CC1)C2. The van der Waals surface area contributed by atoms with E-state index in [1.807, 2.05) is 12.1 Å². The first-order chi connectivity index (χ1) is 14.5. The molecule has 160 valence electrons. The van der Waals surface area contributed by atoms with Crippen LogP contribution in [0.25, 0.3) is 0 Å². The van der Waals surface area contributed by atoms with E-state index >= 15 is 0 Å². The quantitative estimate of drug-likeness (QED) is 0.591.